The van der Waals surface area contributed by atoms with E-state index >= 15 is 0 Å². The van der Waals surface area contributed by atoms with E-state index < -0.39 is 26.3 Å². The molecule has 31 heavy (non-hydrogen) atoms. The summed E-state index contributed by atoms with van der Waals surface area (Å²) in [6, 6.07) is 13.4. The van der Waals surface area contributed by atoms with Gasteiger partial charge in [0, 0.05) is 17.4 Å². The topological polar surface area (TPSA) is 151 Å². The number of imidazole rings is 1. The minimum Gasteiger partial charge on any atom is -0.306 e. The summed E-state index contributed by atoms with van der Waals surface area (Å²) in [6.45, 7) is 0. The highest BCUT2D eigenvalue weighted by Gasteiger charge is 2.22. The van der Waals surface area contributed by atoms with Gasteiger partial charge in [-0.3, -0.25) is 4.79 Å². The molecule has 0 unspecified atom stereocenters. The zero-order valence-electron chi connectivity index (χ0n) is 15.9. The van der Waals surface area contributed by atoms with Gasteiger partial charge in [-0.1, -0.05) is 30.3 Å². The second kappa shape index (κ2) is 7.21. The van der Waals surface area contributed by atoms with E-state index in [0.717, 1.165) is 5.56 Å². The standard InChI is InChI=1S/C18H14N6O6S/c1-31(29,30)20-22-17(25)14-9-13(7-8-16(14)23(18(22)26)24(27)28)21-10-15(19-11-21)12-5-3-2-4-6-12/h2-11,20H,1H3. The van der Waals surface area contributed by atoms with Crippen LogP contribution < -0.4 is 16.1 Å². The Morgan fingerprint density at radius 1 is 1.10 bits per heavy atom. The fourth-order valence-electron chi connectivity index (χ4n) is 3.07. The molecule has 0 radical (unpaired) electrons. The van der Waals surface area contributed by atoms with Gasteiger partial charge in [-0.05, 0) is 22.9 Å². The molecule has 0 saturated heterocycles. The lowest BCUT2D eigenvalue weighted by atomic mass is 10.2. The first-order valence-corrected chi connectivity index (χ1v) is 10.6. The van der Waals surface area contributed by atoms with Gasteiger partial charge in [0.15, 0.2) is 5.03 Å². The van der Waals surface area contributed by atoms with Crippen LogP contribution >= 0.6 is 0 Å². The third-order valence-corrected chi connectivity index (χ3v) is 4.90. The molecule has 12 nitrogen and oxygen atoms in total. The SMILES string of the molecule is CS(=O)(=O)Nn1c(=O)c2cc(-n3cnc(-c4ccccc4)c3)ccc2n([N+](=O)[O-])c1=O. The molecule has 4 rings (SSSR count). The number of nitrogens with one attached hydrogen (secondary N) is 1. The van der Waals surface area contributed by atoms with E-state index in [2.05, 4.69) is 4.98 Å². The number of rotatable bonds is 5. The van der Waals surface area contributed by atoms with Crippen LogP contribution in [0.3, 0.4) is 0 Å². The Morgan fingerprint density at radius 3 is 2.45 bits per heavy atom. The van der Waals surface area contributed by atoms with Crippen LogP contribution in [-0.4, -0.2) is 38.6 Å². The van der Waals surface area contributed by atoms with Crippen molar-refractivity contribution in [3.05, 3.63) is 92.0 Å². The molecular weight excluding hydrogens is 428 g/mol. The highest BCUT2D eigenvalue weighted by molar-refractivity contribution is 7.91. The summed E-state index contributed by atoms with van der Waals surface area (Å²) in [5.41, 5.74) is -0.822. The van der Waals surface area contributed by atoms with Crippen LogP contribution in [0.2, 0.25) is 0 Å². The van der Waals surface area contributed by atoms with Crippen LogP contribution in [0, 0.1) is 10.1 Å². The van der Waals surface area contributed by atoms with Gasteiger partial charge in [-0.25, -0.2) is 33.1 Å². The van der Waals surface area contributed by atoms with Gasteiger partial charge < -0.3 is 4.57 Å². The molecule has 0 fully saturated rings. The fraction of sp³-hybridized carbons (Fsp3) is 0.0556. The van der Waals surface area contributed by atoms with Crippen LogP contribution in [0.4, 0.5) is 0 Å². The van der Waals surface area contributed by atoms with Crippen molar-refractivity contribution in [2.75, 3.05) is 11.1 Å². The Labute approximate surface area is 173 Å². The molecule has 4 aromatic rings. The van der Waals surface area contributed by atoms with Gasteiger partial charge in [0.2, 0.25) is 10.0 Å². The number of benzene rings is 2. The van der Waals surface area contributed by atoms with E-state index in [1.807, 2.05) is 30.3 Å². The third kappa shape index (κ3) is 3.69. The van der Waals surface area contributed by atoms with Crippen LogP contribution in [0.25, 0.3) is 27.8 Å². The molecule has 2 aromatic heterocycles. The lowest BCUT2D eigenvalue weighted by Gasteiger charge is -2.10. The second-order valence-corrected chi connectivity index (χ2v) is 8.30. The molecule has 0 spiro atoms. The van der Waals surface area contributed by atoms with Crippen molar-refractivity contribution in [1.29, 1.82) is 0 Å². The van der Waals surface area contributed by atoms with Crippen molar-refractivity contribution >= 4 is 20.9 Å². The number of hydrogen-bond donors (Lipinski definition) is 1. The molecule has 1 N–H and O–H groups in total. The summed E-state index contributed by atoms with van der Waals surface area (Å²) in [4.78, 5) is 42.6. The van der Waals surface area contributed by atoms with E-state index in [0.29, 0.717) is 17.6 Å². The van der Waals surface area contributed by atoms with Crippen molar-refractivity contribution in [3.8, 4) is 16.9 Å². The van der Waals surface area contributed by atoms with E-state index in [9.17, 15) is 28.1 Å². The first-order chi connectivity index (χ1) is 14.7. The second-order valence-electron chi connectivity index (χ2n) is 6.57. The quantitative estimate of drug-likeness (QED) is 0.350. The predicted molar refractivity (Wildman–Crippen MR) is 112 cm³/mol. The van der Waals surface area contributed by atoms with Crippen molar-refractivity contribution in [3.63, 3.8) is 0 Å². The van der Waals surface area contributed by atoms with E-state index in [1.165, 1.54) is 24.5 Å². The Balaban J connectivity index is 1.93. The van der Waals surface area contributed by atoms with Crippen molar-refractivity contribution in [1.82, 2.24) is 18.9 Å². The number of sulfonamides is 1. The normalized spacial score (nSPS) is 11.5. The monoisotopic (exact) mass is 442 g/mol. The van der Waals surface area contributed by atoms with E-state index in [-0.39, 0.29) is 20.3 Å². The van der Waals surface area contributed by atoms with Crippen LogP contribution in [-0.2, 0) is 10.0 Å². The van der Waals surface area contributed by atoms with E-state index in [4.69, 9.17) is 0 Å². The largest absolute Gasteiger partial charge is 0.410 e. The van der Waals surface area contributed by atoms with Gasteiger partial charge in [0.1, 0.15) is 5.52 Å². The van der Waals surface area contributed by atoms with Gasteiger partial charge >= 0.3 is 5.69 Å². The average Bonchev–Trinajstić information content (AvgIpc) is 3.21. The Morgan fingerprint density at radius 2 is 1.81 bits per heavy atom. The highest BCUT2D eigenvalue weighted by Crippen LogP contribution is 2.20. The molecule has 0 aliphatic carbocycles. The maximum absolute atomic E-state index is 12.8. The lowest BCUT2D eigenvalue weighted by molar-refractivity contribution is -0.541. The fourth-order valence-corrected chi connectivity index (χ4v) is 3.56. The molecule has 2 heterocycles. The number of nitrogens with zero attached hydrogens (tertiary/aromatic N) is 5. The Hall–Kier alpha value is -4.26. The molecule has 0 amide bonds. The minimum atomic E-state index is -4.06. The van der Waals surface area contributed by atoms with Gasteiger partial charge in [-0.15, -0.1) is 0 Å². The summed E-state index contributed by atoms with van der Waals surface area (Å²) < 4.78 is 24.9. The van der Waals surface area contributed by atoms with Crippen LogP contribution in [0.5, 0.6) is 0 Å². The number of nitro groups is 1. The van der Waals surface area contributed by atoms with Gasteiger partial charge in [0.05, 0.1) is 23.7 Å². The summed E-state index contributed by atoms with van der Waals surface area (Å²) >= 11 is 0. The molecule has 0 atom stereocenters. The van der Waals surface area contributed by atoms with Crippen molar-refractivity contribution < 1.29 is 13.5 Å². The lowest BCUT2D eigenvalue weighted by Crippen LogP contribution is -2.48. The maximum Gasteiger partial charge on any atom is 0.410 e. The zero-order valence-corrected chi connectivity index (χ0v) is 16.7. The highest BCUT2D eigenvalue weighted by atomic mass is 32.2. The van der Waals surface area contributed by atoms with Crippen molar-refractivity contribution in [2.24, 2.45) is 0 Å². The minimum absolute atomic E-state index is 0.0908. The summed E-state index contributed by atoms with van der Waals surface area (Å²) in [6.07, 6.45) is 3.92. The number of fused-ring (bicyclic) bond motifs is 1. The first kappa shape index (κ1) is 20.0. The molecule has 0 bridgehead atoms. The molecular formula is C18H14N6O6S. The summed E-state index contributed by atoms with van der Waals surface area (Å²) in [5.74, 6) is 0. The van der Waals surface area contributed by atoms with Gasteiger partial charge in [0.25, 0.3) is 5.56 Å². The summed E-state index contributed by atoms with van der Waals surface area (Å²) in [7, 11) is -4.06. The molecule has 0 aliphatic rings. The van der Waals surface area contributed by atoms with Crippen molar-refractivity contribution in [2.45, 2.75) is 0 Å². The Bertz CT molecular complexity index is 1550. The average molecular weight is 442 g/mol. The molecule has 158 valence electrons. The number of aromatic nitrogens is 4. The zero-order chi connectivity index (χ0) is 22.3. The molecule has 0 aliphatic heterocycles. The number of hydrogen-bond acceptors (Lipinski definition) is 7. The molecule has 0 saturated carbocycles. The molecule has 2 aromatic carbocycles. The first-order valence-electron chi connectivity index (χ1n) is 8.70. The Kier molecular flexibility index (Phi) is 4.66. The van der Waals surface area contributed by atoms with Crippen LogP contribution in [0.15, 0.2) is 70.6 Å². The smallest absolute Gasteiger partial charge is 0.306 e. The van der Waals surface area contributed by atoms with Gasteiger partial charge in [-0.2, -0.15) is 4.68 Å². The van der Waals surface area contributed by atoms with E-state index in [1.54, 1.807) is 15.6 Å². The predicted octanol–water partition coefficient (Wildman–Crippen LogP) is 0.559. The van der Waals surface area contributed by atoms with Crippen LogP contribution in [0.1, 0.15) is 0 Å². The maximum atomic E-state index is 12.8. The third-order valence-electron chi connectivity index (χ3n) is 4.38. The summed E-state index contributed by atoms with van der Waals surface area (Å²) in [5, 5.41) is 10.2. The molecule has 13 heteroatoms.